The maximum absolute atomic E-state index is 5.33. The first-order valence-corrected chi connectivity index (χ1v) is 8.82. The van der Waals surface area contributed by atoms with E-state index in [4.69, 9.17) is 9.47 Å². The Kier molecular flexibility index (Phi) is 4.26. The largest absolute Gasteiger partial charge is 0.497 e. The zero-order valence-electron chi connectivity index (χ0n) is 15.4. The van der Waals surface area contributed by atoms with Gasteiger partial charge in [0.2, 0.25) is 0 Å². The molecule has 0 saturated carbocycles. The van der Waals surface area contributed by atoms with Gasteiger partial charge in [-0.1, -0.05) is 42.5 Å². The predicted molar refractivity (Wildman–Crippen MR) is 107 cm³/mol. The van der Waals surface area contributed by atoms with E-state index in [9.17, 15) is 0 Å². The molecule has 2 heteroatoms. The van der Waals surface area contributed by atoms with E-state index in [2.05, 4.69) is 49.4 Å². The molecule has 0 N–H and O–H groups in total. The Morgan fingerprint density at radius 3 is 1.85 bits per heavy atom. The Morgan fingerprint density at radius 2 is 1.27 bits per heavy atom. The molecule has 0 fully saturated rings. The van der Waals surface area contributed by atoms with Crippen LogP contribution in [0.25, 0.3) is 11.1 Å². The van der Waals surface area contributed by atoms with Gasteiger partial charge in [-0.25, -0.2) is 0 Å². The number of ether oxygens (including phenoxy) is 2. The number of hydrogen-bond donors (Lipinski definition) is 0. The topological polar surface area (TPSA) is 18.5 Å². The van der Waals surface area contributed by atoms with Crippen molar-refractivity contribution in [2.24, 2.45) is 0 Å². The van der Waals surface area contributed by atoms with Crippen molar-refractivity contribution in [1.82, 2.24) is 0 Å². The molecule has 130 valence electrons. The van der Waals surface area contributed by atoms with E-state index in [1.54, 1.807) is 14.2 Å². The molecule has 2 nitrogen and oxygen atoms in total. The molecule has 0 atom stereocenters. The van der Waals surface area contributed by atoms with Crippen LogP contribution in [-0.2, 0) is 6.42 Å². The van der Waals surface area contributed by atoms with Crippen LogP contribution in [0.2, 0.25) is 0 Å². The molecule has 0 bridgehead atoms. The molecule has 0 aliphatic heterocycles. The third-order valence-corrected chi connectivity index (χ3v) is 5.10. The van der Waals surface area contributed by atoms with Crippen molar-refractivity contribution in [3.8, 4) is 11.5 Å². The quantitative estimate of drug-likeness (QED) is 0.621. The summed E-state index contributed by atoms with van der Waals surface area (Å²) in [5.74, 6) is 1.76. The standard InChI is InChI=1S/C24H22O2/c1-16-5-4-6-19-15-22(17-7-11-20(25-2)12-8-17)24(23(16)19)18-9-13-21(26-3)14-10-18/h4-14H,15H2,1-3H3. The molecule has 0 unspecified atom stereocenters. The number of methoxy groups -OCH3 is 2. The summed E-state index contributed by atoms with van der Waals surface area (Å²) in [6.45, 7) is 2.19. The van der Waals surface area contributed by atoms with Crippen molar-refractivity contribution >= 4 is 11.1 Å². The summed E-state index contributed by atoms with van der Waals surface area (Å²) in [6.07, 6.45) is 0.949. The Hall–Kier alpha value is -3.00. The molecular formula is C24H22O2. The van der Waals surface area contributed by atoms with Gasteiger partial charge in [-0.3, -0.25) is 0 Å². The van der Waals surface area contributed by atoms with Crippen molar-refractivity contribution in [1.29, 1.82) is 0 Å². The van der Waals surface area contributed by atoms with Crippen LogP contribution in [0.4, 0.5) is 0 Å². The van der Waals surface area contributed by atoms with Crippen LogP contribution in [0.5, 0.6) is 11.5 Å². The van der Waals surface area contributed by atoms with E-state index in [1.807, 2.05) is 24.3 Å². The maximum atomic E-state index is 5.33. The van der Waals surface area contributed by atoms with Crippen LogP contribution < -0.4 is 9.47 Å². The van der Waals surface area contributed by atoms with Crippen LogP contribution in [-0.4, -0.2) is 14.2 Å². The van der Waals surface area contributed by atoms with E-state index in [-0.39, 0.29) is 0 Å². The van der Waals surface area contributed by atoms with Gasteiger partial charge in [-0.15, -0.1) is 0 Å². The van der Waals surface area contributed by atoms with E-state index in [0.717, 1.165) is 17.9 Å². The molecule has 1 aliphatic rings. The number of rotatable bonds is 4. The van der Waals surface area contributed by atoms with E-state index >= 15 is 0 Å². The Bertz CT molecular complexity index is 964. The van der Waals surface area contributed by atoms with Crippen molar-refractivity contribution in [3.05, 3.63) is 94.5 Å². The smallest absolute Gasteiger partial charge is 0.118 e. The van der Waals surface area contributed by atoms with Crippen LogP contribution in [0.15, 0.2) is 66.7 Å². The third-order valence-electron chi connectivity index (χ3n) is 5.10. The van der Waals surface area contributed by atoms with Gasteiger partial charge in [0.1, 0.15) is 11.5 Å². The van der Waals surface area contributed by atoms with Gasteiger partial charge in [-0.2, -0.15) is 0 Å². The molecule has 3 aromatic rings. The number of allylic oxidation sites excluding steroid dienone is 1. The van der Waals surface area contributed by atoms with E-state index < -0.39 is 0 Å². The first-order chi connectivity index (χ1) is 12.7. The second-order valence-electron chi connectivity index (χ2n) is 6.60. The number of hydrogen-bond acceptors (Lipinski definition) is 2. The molecule has 0 aromatic heterocycles. The Balaban J connectivity index is 1.91. The molecule has 0 amide bonds. The Morgan fingerprint density at radius 1 is 0.692 bits per heavy atom. The zero-order chi connectivity index (χ0) is 18.1. The molecule has 0 heterocycles. The first-order valence-electron chi connectivity index (χ1n) is 8.82. The highest BCUT2D eigenvalue weighted by atomic mass is 16.5. The maximum Gasteiger partial charge on any atom is 0.118 e. The molecule has 0 spiro atoms. The number of fused-ring (bicyclic) bond motifs is 1. The van der Waals surface area contributed by atoms with Crippen LogP contribution >= 0.6 is 0 Å². The van der Waals surface area contributed by atoms with Crippen LogP contribution in [0.3, 0.4) is 0 Å². The van der Waals surface area contributed by atoms with Crippen molar-refractivity contribution < 1.29 is 9.47 Å². The fraction of sp³-hybridized carbons (Fsp3) is 0.167. The zero-order valence-corrected chi connectivity index (χ0v) is 15.4. The second-order valence-corrected chi connectivity index (χ2v) is 6.60. The first kappa shape index (κ1) is 16.5. The van der Waals surface area contributed by atoms with E-state index in [1.165, 1.54) is 39.0 Å². The normalized spacial score (nSPS) is 12.9. The lowest BCUT2D eigenvalue weighted by atomic mass is 9.92. The van der Waals surface area contributed by atoms with Gasteiger partial charge in [0, 0.05) is 0 Å². The monoisotopic (exact) mass is 342 g/mol. The van der Waals surface area contributed by atoms with Gasteiger partial charge >= 0.3 is 0 Å². The van der Waals surface area contributed by atoms with Crippen molar-refractivity contribution in [2.75, 3.05) is 14.2 Å². The van der Waals surface area contributed by atoms with Crippen molar-refractivity contribution in [3.63, 3.8) is 0 Å². The van der Waals surface area contributed by atoms with Gasteiger partial charge in [0.25, 0.3) is 0 Å². The molecule has 26 heavy (non-hydrogen) atoms. The summed E-state index contributed by atoms with van der Waals surface area (Å²) in [5.41, 5.74) is 9.23. The lowest BCUT2D eigenvalue weighted by Crippen LogP contribution is -1.93. The molecule has 0 radical (unpaired) electrons. The summed E-state index contributed by atoms with van der Waals surface area (Å²) >= 11 is 0. The fourth-order valence-corrected chi connectivity index (χ4v) is 3.78. The third kappa shape index (κ3) is 2.78. The second kappa shape index (κ2) is 6.72. The SMILES string of the molecule is COc1ccc(C2=C(c3ccc(OC)cc3)c3c(C)cccc3C2)cc1. The molecular weight excluding hydrogens is 320 g/mol. The highest BCUT2D eigenvalue weighted by Gasteiger charge is 2.25. The summed E-state index contributed by atoms with van der Waals surface area (Å²) in [4.78, 5) is 0. The van der Waals surface area contributed by atoms with Crippen molar-refractivity contribution in [2.45, 2.75) is 13.3 Å². The minimum Gasteiger partial charge on any atom is -0.497 e. The van der Waals surface area contributed by atoms with Gasteiger partial charge < -0.3 is 9.47 Å². The summed E-state index contributed by atoms with van der Waals surface area (Å²) < 4.78 is 10.7. The fourth-order valence-electron chi connectivity index (χ4n) is 3.78. The molecule has 4 rings (SSSR count). The minimum absolute atomic E-state index is 0.878. The summed E-state index contributed by atoms with van der Waals surface area (Å²) in [5, 5.41) is 0. The molecule has 3 aromatic carbocycles. The van der Waals surface area contributed by atoms with Gasteiger partial charge in [0.15, 0.2) is 0 Å². The highest BCUT2D eigenvalue weighted by Crippen LogP contribution is 2.44. The summed E-state index contributed by atoms with van der Waals surface area (Å²) in [6, 6.07) is 23.3. The number of benzene rings is 3. The highest BCUT2D eigenvalue weighted by molar-refractivity contribution is 6.04. The van der Waals surface area contributed by atoms with E-state index in [0.29, 0.717) is 0 Å². The lowest BCUT2D eigenvalue weighted by molar-refractivity contribution is 0.414. The Labute approximate surface area is 154 Å². The van der Waals surface area contributed by atoms with Crippen LogP contribution in [0, 0.1) is 6.92 Å². The average Bonchev–Trinajstić information content (AvgIpc) is 3.09. The predicted octanol–water partition coefficient (Wildman–Crippen LogP) is 5.53. The lowest BCUT2D eigenvalue weighted by Gasteiger charge is -2.13. The summed E-state index contributed by atoms with van der Waals surface area (Å²) in [7, 11) is 3.40. The van der Waals surface area contributed by atoms with Gasteiger partial charge in [-0.05, 0) is 76.6 Å². The minimum atomic E-state index is 0.878. The van der Waals surface area contributed by atoms with Gasteiger partial charge in [0.05, 0.1) is 14.2 Å². The molecule has 0 saturated heterocycles. The average molecular weight is 342 g/mol. The number of aryl methyl sites for hydroxylation is 1. The van der Waals surface area contributed by atoms with Crippen LogP contribution in [0.1, 0.15) is 27.8 Å². The molecule has 1 aliphatic carbocycles.